The molecule has 1 fully saturated rings. The quantitative estimate of drug-likeness (QED) is 0.708. The molecule has 2 aliphatic rings. The average molecular weight is 440 g/mol. The molecule has 0 bridgehead atoms. The van der Waals surface area contributed by atoms with E-state index in [1.807, 2.05) is 12.1 Å². The van der Waals surface area contributed by atoms with Gasteiger partial charge in [0, 0.05) is 42.7 Å². The van der Waals surface area contributed by atoms with Crippen LogP contribution in [0.25, 0.3) is 0 Å². The largest absolute Gasteiger partial charge is 0.368 e. The van der Waals surface area contributed by atoms with Gasteiger partial charge >= 0.3 is 0 Å². The number of benzene rings is 1. The van der Waals surface area contributed by atoms with Crippen LogP contribution in [0.2, 0.25) is 5.02 Å². The number of hydrazone groups is 1. The van der Waals surface area contributed by atoms with E-state index in [9.17, 15) is 14.4 Å². The predicted octanol–water partition coefficient (Wildman–Crippen LogP) is 1.47. The molecule has 3 heterocycles. The van der Waals surface area contributed by atoms with Gasteiger partial charge in [0.05, 0.1) is 5.71 Å². The molecule has 0 saturated carbocycles. The Morgan fingerprint density at radius 2 is 2.00 bits per heavy atom. The lowest BCUT2D eigenvalue weighted by molar-refractivity contribution is -0.147. The number of primary amides is 1. The Morgan fingerprint density at radius 1 is 1.23 bits per heavy atom. The topological polar surface area (TPSA) is 118 Å². The highest BCUT2D eigenvalue weighted by atomic mass is 35.5. The van der Waals surface area contributed by atoms with E-state index >= 15 is 0 Å². The van der Waals surface area contributed by atoms with Gasteiger partial charge in [0.15, 0.2) is 0 Å². The molecule has 1 unspecified atom stereocenters. The van der Waals surface area contributed by atoms with Crippen LogP contribution in [0.15, 0.2) is 53.8 Å². The molecule has 160 valence electrons. The fraction of sp³-hybridized carbons (Fsp3) is 0.318. The van der Waals surface area contributed by atoms with Gasteiger partial charge in [-0.3, -0.25) is 19.4 Å². The molecular weight excluding hydrogens is 418 g/mol. The molecule has 2 atom stereocenters. The van der Waals surface area contributed by atoms with Gasteiger partial charge < -0.3 is 10.6 Å². The first-order valence-corrected chi connectivity index (χ1v) is 10.4. The van der Waals surface area contributed by atoms with E-state index in [2.05, 4.69) is 15.5 Å². The first kappa shape index (κ1) is 21.0. The van der Waals surface area contributed by atoms with Gasteiger partial charge in [0.2, 0.25) is 11.8 Å². The van der Waals surface area contributed by atoms with Crippen LogP contribution >= 0.6 is 11.6 Å². The first-order valence-electron chi connectivity index (χ1n) is 10.0. The zero-order valence-electron chi connectivity index (χ0n) is 16.8. The van der Waals surface area contributed by atoms with Gasteiger partial charge in [0.25, 0.3) is 5.91 Å². The maximum atomic E-state index is 13.1. The molecule has 0 spiro atoms. The SMILES string of the molecule is NC(=O)C1N(C(=O)CCc2ccc(Cl)cc2)CCC2=NNC(=O)[C@@]21Cc1ccccn1. The van der Waals surface area contributed by atoms with Gasteiger partial charge in [-0.05, 0) is 36.2 Å². The molecule has 3 N–H and O–H groups in total. The smallest absolute Gasteiger partial charge is 0.255 e. The number of hydrogen-bond donors (Lipinski definition) is 2. The molecule has 2 aromatic rings. The van der Waals surface area contributed by atoms with Crippen molar-refractivity contribution >= 4 is 35.0 Å². The summed E-state index contributed by atoms with van der Waals surface area (Å²) >= 11 is 5.92. The number of halogens is 1. The van der Waals surface area contributed by atoms with Gasteiger partial charge in [0.1, 0.15) is 11.5 Å². The van der Waals surface area contributed by atoms with Gasteiger partial charge in [-0.1, -0.05) is 29.8 Å². The third-order valence-electron chi connectivity index (χ3n) is 5.90. The fourth-order valence-corrected chi connectivity index (χ4v) is 4.54. The molecule has 31 heavy (non-hydrogen) atoms. The summed E-state index contributed by atoms with van der Waals surface area (Å²) in [6.07, 6.45) is 2.79. The normalized spacial score (nSPS) is 22.5. The summed E-state index contributed by atoms with van der Waals surface area (Å²) in [5, 5.41) is 4.79. The van der Waals surface area contributed by atoms with Crippen LogP contribution < -0.4 is 11.2 Å². The maximum absolute atomic E-state index is 13.1. The third kappa shape index (κ3) is 3.90. The van der Waals surface area contributed by atoms with Crippen molar-refractivity contribution in [1.82, 2.24) is 15.3 Å². The van der Waals surface area contributed by atoms with E-state index in [4.69, 9.17) is 17.3 Å². The minimum Gasteiger partial charge on any atom is -0.368 e. The van der Waals surface area contributed by atoms with Crippen molar-refractivity contribution in [3.05, 3.63) is 64.9 Å². The highest BCUT2D eigenvalue weighted by Crippen LogP contribution is 2.40. The summed E-state index contributed by atoms with van der Waals surface area (Å²) in [4.78, 5) is 44.5. The van der Waals surface area contributed by atoms with E-state index in [1.165, 1.54) is 4.90 Å². The number of fused-ring (bicyclic) bond motifs is 1. The standard InChI is InChI=1S/C22H22ClN5O3/c23-15-7-4-14(5-8-15)6-9-18(29)28-12-10-17-22(19(28)20(24)30,21(31)27-26-17)13-16-3-1-2-11-25-16/h1-5,7-8,11,19H,6,9-10,12-13H2,(H2,24,30)(H,27,31)/t19?,22-/m0/s1. The minimum atomic E-state index is -1.35. The lowest BCUT2D eigenvalue weighted by Crippen LogP contribution is -2.66. The van der Waals surface area contributed by atoms with Gasteiger partial charge in [-0.15, -0.1) is 0 Å². The zero-order chi connectivity index (χ0) is 22.0. The van der Waals surface area contributed by atoms with Crippen LogP contribution in [-0.4, -0.2) is 45.9 Å². The summed E-state index contributed by atoms with van der Waals surface area (Å²) < 4.78 is 0. The van der Waals surface area contributed by atoms with Crippen molar-refractivity contribution in [2.45, 2.75) is 31.7 Å². The number of amides is 3. The zero-order valence-corrected chi connectivity index (χ0v) is 17.5. The van der Waals surface area contributed by atoms with Crippen LogP contribution in [0.1, 0.15) is 24.1 Å². The number of nitrogens with two attached hydrogens (primary N) is 1. The van der Waals surface area contributed by atoms with Crippen LogP contribution in [-0.2, 0) is 27.2 Å². The van der Waals surface area contributed by atoms with Gasteiger partial charge in [-0.2, -0.15) is 5.10 Å². The fourth-order valence-electron chi connectivity index (χ4n) is 4.41. The average Bonchev–Trinajstić information content (AvgIpc) is 3.09. The lowest BCUT2D eigenvalue weighted by Gasteiger charge is -2.45. The number of rotatable bonds is 6. The Kier molecular flexibility index (Phi) is 5.73. The molecule has 3 amide bonds. The summed E-state index contributed by atoms with van der Waals surface area (Å²) in [6.45, 7) is 0.269. The van der Waals surface area contributed by atoms with Crippen molar-refractivity contribution in [2.24, 2.45) is 16.3 Å². The van der Waals surface area contributed by atoms with Crippen LogP contribution in [0.4, 0.5) is 0 Å². The van der Waals surface area contributed by atoms with Crippen molar-refractivity contribution in [3.63, 3.8) is 0 Å². The highest BCUT2D eigenvalue weighted by Gasteiger charge is 2.60. The van der Waals surface area contributed by atoms with Crippen LogP contribution in [0, 0.1) is 5.41 Å². The number of carbonyl (C=O) groups is 3. The summed E-state index contributed by atoms with van der Waals surface area (Å²) in [5.41, 5.74) is 9.02. The lowest BCUT2D eigenvalue weighted by atomic mass is 9.68. The van der Waals surface area contributed by atoms with Crippen molar-refractivity contribution in [1.29, 1.82) is 0 Å². The number of nitrogens with one attached hydrogen (secondary N) is 1. The number of piperidine rings is 1. The predicted molar refractivity (Wildman–Crippen MR) is 115 cm³/mol. The molecule has 0 radical (unpaired) electrons. The monoisotopic (exact) mass is 439 g/mol. The number of nitrogens with zero attached hydrogens (tertiary/aromatic N) is 3. The van der Waals surface area contributed by atoms with E-state index in [-0.39, 0.29) is 25.3 Å². The van der Waals surface area contributed by atoms with Crippen molar-refractivity contribution in [2.75, 3.05) is 6.54 Å². The second kappa shape index (κ2) is 8.47. The van der Waals surface area contributed by atoms with Crippen LogP contribution in [0.3, 0.4) is 0 Å². The Labute approximate surface area is 184 Å². The van der Waals surface area contributed by atoms with E-state index in [1.54, 1.807) is 36.5 Å². The maximum Gasteiger partial charge on any atom is 0.255 e. The highest BCUT2D eigenvalue weighted by molar-refractivity contribution is 6.30. The molecule has 9 heteroatoms. The van der Waals surface area contributed by atoms with Gasteiger partial charge in [-0.25, -0.2) is 5.43 Å². The number of hydrogen-bond acceptors (Lipinski definition) is 5. The number of carbonyl (C=O) groups excluding carboxylic acids is 3. The number of aryl methyl sites for hydroxylation is 1. The summed E-state index contributed by atoms with van der Waals surface area (Å²) in [7, 11) is 0. The van der Waals surface area contributed by atoms with Crippen molar-refractivity contribution < 1.29 is 14.4 Å². The molecule has 1 aromatic heterocycles. The summed E-state index contributed by atoms with van der Waals surface area (Å²) in [6, 6.07) is 11.5. The van der Waals surface area contributed by atoms with E-state index in [0.717, 1.165) is 5.56 Å². The van der Waals surface area contributed by atoms with E-state index < -0.39 is 23.3 Å². The Morgan fingerprint density at radius 3 is 2.68 bits per heavy atom. The van der Waals surface area contributed by atoms with E-state index in [0.29, 0.717) is 29.3 Å². The minimum absolute atomic E-state index is 0.132. The third-order valence-corrected chi connectivity index (χ3v) is 6.15. The first-order chi connectivity index (χ1) is 14.9. The molecule has 0 aliphatic carbocycles. The Bertz CT molecular complexity index is 1040. The van der Waals surface area contributed by atoms with Crippen molar-refractivity contribution in [3.8, 4) is 0 Å². The molecule has 4 rings (SSSR count). The number of pyridine rings is 1. The molecular formula is C22H22ClN5O3. The second-order valence-electron chi connectivity index (χ2n) is 7.74. The van der Waals surface area contributed by atoms with Crippen LogP contribution in [0.5, 0.6) is 0 Å². The number of likely N-dealkylation sites (tertiary alicyclic amines) is 1. The second-order valence-corrected chi connectivity index (χ2v) is 8.17. The molecule has 2 aliphatic heterocycles. The summed E-state index contributed by atoms with van der Waals surface area (Å²) in [5.74, 6) is -1.41. The Balaban J connectivity index is 1.62. The molecule has 1 saturated heterocycles. The number of aromatic nitrogens is 1. The molecule has 1 aromatic carbocycles. The molecule has 8 nitrogen and oxygen atoms in total. The Hall–Kier alpha value is -3.26.